The van der Waals surface area contributed by atoms with Gasteiger partial charge in [-0.05, 0) is 49.5 Å². The predicted molar refractivity (Wildman–Crippen MR) is 95.7 cm³/mol. The van der Waals surface area contributed by atoms with Crippen molar-refractivity contribution >= 4 is 29.4 Å². The molecule has 1 aromatic carbocycles. The average molecular weight is 359 g/mol. The van der Waals surface area contributed by atoms with Crippen molar-refractivity contribution < 1.29 is 14.3 Å². The summed E-state index contributed by atoms with van der Waals surface area (Å²) in [6.07, 6.45) is 6.01. The number of ketones is 1. The first-order valence-electron chi connectivity index (χ1n) is 8.14. The van der Waals surface area contributed by atoms with E-state index < -0.39 is 5.97 Å². The van der Waals surface area contributed by atoms with E-state index in [-0.39, 0.29) is 12.4 Å². The first-order valence-corrected chi connectivity index (χ1v) is 8.52. The number of fused-ring (bicyclic) bond motifs is 1. The van der Waals surface area contributed by atoms with E-state index in [1.165, 1.54) is 21.9 Å². The summed E-state index contributed by atoms with van der Waals surface area (Å²) < 4.78 is 6.57. The molecule has 0 amide bonds. The molecule has 130 valence electrons. The predicted octanol–water partition coefficient (Wildman–Crippen LogP) is 3.31. The van der Waals surface area contributed by atoms with Crippen molar-refractivity contribution in [1.82, 2.24) is 9.78 Å². The van der Waals surface area contributed by atoms with Gasteiger partial charge in [0.25, 0.3) is 0 Å². The van der Waals surface area contributed by atoms with E-state index in [4.69, 9.17) is 16.3 Å². The summed E-state index contributed by atoms with van der Waals surface area (Å²) in [6.45, 7) is 1.52. The SMILES string of the molecule is Cc1nn(C)c(Cl)c1/C=C/C(=O)OCC(=O)c1ccc2c(c1)CCC2. The van der Waals surface area contributed by atoms with Crippen molar-refractivity contribution in [1.29, 1.82) is 0 Å². The van der Waals surface area contributed by atoms with Crippen LogP contribution in [-0.2, 0) is 29.4 Å². The van der Waals surface area contributed by atoms with Gasteiger partial charge in [0.2, 0.25) is 0 Å². The van der Waals surface area contributed by atoms with Crippen molar-refractivity contribution in [3.8, 4) is 0 Å². The Morgan fingerprint density at radius 2 is 2.08 bits per heavy atom. The molecule has 1 aliphatic rings. The second kappa shape index (κ2) is 7.23. The standard InChI is InChI=1S/C19H19ClN2O3/c1-12-16(19(20)22(2)21-12)8-9-18(24)25-11-17(23)15-7-6-13-4-3-5-14(13)10-15/h6-10H,3-5,11H2,1-2H3/b9-8+. The van der Waals surface area contributed by atoms with E-state index in [0.717, 1.165) is 19.3 Å². The van der Waals surface area contributed by atoms with Crippen LogP contribution in [0.3, 0.4) is 0 Å². The summed E-state index contributed by atoms with van der Waals surface area (Å²) >= 11 is 6.09. The van der Waals surface area contributed by atoms with Crippen LogP contribution in [0.2, 0.25) is 5.15 Å². The van der Waals surface area contributed by atoms with Crippen LogP contribution >= 0.6 is 11.6 Å². The van der Waals surface area contributed by atoms with Crippen LogP contribution in [0.4, 0.5) is 0 Å². The average Bonchev–Trinajstić information content (AvgIpc) is 3.15. The van der Waals surface area contributed by atoms with Gasteiger partial charge in [-0.15, -0.1) is 0 Å². The number of aryl methyl sites for hydroxylation is 4. The van der Waals surface area contributed by atoms with Crippen LogP contribution < -0.4 is 0 Å². The van der Waals surface area contributed by atoms with Crippen LogP contribution in [-0.4, -0.2) is 28.1 Å². The first kappa shape index (κ1) is 17.4. The van der Waals surface area contributed by atoms with E-state index in [1.807, 2.05) is 12.1 Å². The molecule has 0 atom stereocenters. The maximum atomic E-state index is 12.2. The fraction of sp³-hybridized carbons (Fsp3) is 0.316. The summed E-state index contributed by atoms with van der Waals surface area (Å²) in [5.41, 5.74) is 4.49. The highest BCUT2D eigenvalue weighted by atomic mass is 35.5. The summed E-state index contributed by atoms with van der Waals surface area (Å²) in [5.74, 6) is -0.791. The number of Topliss-reactive ketones (excluding diaryl/α,β-unsaturated/α-hetero) is 1. The van der Waals surface area contributed by atoms with Gasteiger partial charge >= 0.3 is 5.97 Å². The lowest BCUT2D eigenvalue weighted by molar-refractivity contribution is -0.136. The molecule has 0 N–H and O–H groups in total. The third-order valence-electron chi connectivity index (χ3n) is 4.35. The lowest BCUT2D eigenvalue weighted by Gasteiger charge is -2.05. The minimum atomic E-state index is -0.589. The minimum Gasteiger partial charge on any atom is -0.454 e. The van der Waals surface area contributed by atoms with Crippen molar-refractivity contribution in [3.63, 3.8) is 0 Å². The topological polar surface area (TPSA) is 61.2 Å². The third-order valence-corrected chi connectivity index (χ3v) is 4.80. The van der Waals surface area contributed by atoms with Crippen molar-refractivity contribution in [2.24, 2.45) is 7.05 Å². The molecule has 1 heterocycles. The quantitative estimate of drug-likeness (QED) is 0.467. The number of carbonyl (C=O) groups is 2. The number of aromatic nitrogens is 2. The number of hydrogen-bond donors (Lipinski definition) is 0. The Morgan fingerprint density at radius 3 is 2.80 bits per heavy atom. The Morgan fingerprint density at radius 1 is 1.32 bits per heavy atom. The van der Waals surface area contributed by atoms with Gasteiger partial charge in [-0.25, -0.2) is 4.79 Å². The molecule has 0 unspecified atom stereocenters. The number of benzene rings is 1. The molecular formula is C19H19ClN2O3. The van der Waals surface area contributed by atoms with Crippen LogP contribution in [0, 0.1) is 6.92 Å². The zero-order valence-corrected chi connectivity index (χ0v) is 15.0. The smallest absolute Gasteiger partial charge is 0.331 e. The molecule has 6 heteroatoms. The lowest BCUT2D eigenvalue weighted by atomic mass is 10.0. The molecule has 0 aliphatic heterocycles. The summed E-state index contributed by atoms with van der Waals surface area (Å²) in [5, 5.41) is 4.60. The largest absolute Gasteiger partial charge is 0.454 e. The molecule has 2 aromatic rings. The molecule has 0 radical (unpaired) electrons. The van der Waals surface area contributed by atoms with Crippen LogP contribution in [0.5, 0.6) is 0 Å². The molecule has 25 heavy (non-hydrogen) atoms. The van der Waals surface area contributed by atoms with Crippen molar-refractivity contribution in [2.75, 3.05) is 6.61 Å². The first-order chi connectivity index (χ1) is 12.0. The number of rotatable bonds is 5. The molecule has 1 aliphatic carbocycles. The number of carbonyl (C=O) groups excluding carboxylic acids is 2. The number of esters is 1. The number of ether oxygens (including phenoxy) is 1. The summed E-state index contributed by atoms with van der Waals surface area (Å²) in [7, 11) is 1.72. The van der Waals surface area contributed by atoms with Gasteiger partial charge in [0.15, 0.2) is 12.4 Å². The van der Waals surface area contributed by atoms with E-state index in [0.29, 0.717) is 22.0 Å². The zero-order valence-electron chi connectivity index (χ0n) is 14.2. The van der Waals surface area contributed by atoms with Gasteiger partial charge < -0.3 is 4.74 Å². The molecule has 0 saturated heterocycles. The van der Waals surface area contributed by atoms with Gasteiger partial charge in [0, 0.05) is 24.3 Å². The van der Waals surface area contributed by atoms with Crippen LogP contribution in [0.25, 0.3) is 6.08 Å². The summed E-state index contributed by atoms with van der Waals surface area (Å²) in [6, 6.07) is 5.70. The molecule has 3 rings (SSSR count). The number of hydrogen-bond acceptors (Lipinski definition) is 4. The molecule has 0 bridgehead atoms. The Bertz CT molecular complexity index is 868. The number of nitrogens with zero attached hydrogens (tertiary/aromatic N) is 2. The zero-order chi connectivity index (χ0) is 18.0. The fourth-order valence-electron chi connectivity index (χ4n) is 3.00. The monoisotopic (exact) mass is 358 g/mol. The van der Waals surface area contributed by atoms with Crippen molar-refractivity contribution in [3.05, 3.63) is 57.4 Å². The molecule has 0 spiro atoms. The van der Waals surface area contributed by atoms with Gasteiger partial charge in [-0.1, -0.05) is 23.7 Å². The molecule has 0 fully saturated rings. The van der Waals surface area contributed by atoms with E-state index >= 15 is 0 Å². The van der Waals surface area contributed by atoms with Crippen molar-refractivity contribution in [2.45, 2.75) is 26.2 Å². The Hall–Kier alpha value is -2.40. The van der Waals surface area contributed by atoms with Gasteiger partial charge in [0.1, 0.15) is 5.15 Å². The highest BCUT2D eigenvalue weighted by molar-refractivity contribution is 6.31. The van der Waals surface area contributed by atoms with E-state index in [1.54, 1.807) is 26.1 Å². The maximum Gasteiger partial charge on any atom is 0.331 e. The van der Waals surface area contributed by atoms with Gasteiger partial charge in [-0.3, -0.25) is 9.48 Å². The number of halogens is 1. The lowest BCUT2D eigenvalue weighted by Crippen LogP contribution is -2.12. The highest BCUT2D eigenvalue weighted by Crippen LogP contribution is 2.23. The molecule has 5 nitrogen and oxygen atoms in total. The second-order valence-electron chi connectivity index (χ2n) is 6.11. The molecule has 1 aromatic heterocycles. The van der Waals surface area contributed by atoms with E-state index in [9.17, 15) is 9.59 Å². The second-order valence-corrected chi connectivity index (χ2v) is 6.47. The normalized spacial score (nSPS) is 13.2. The maximum absolute atomic E-state index is 12.2. The molecular weight excluding hydrogens is 340 g/mol. The third kappa shape index (κ3) is 3.82. The molecule has 0 saturated carbocycles. The van der Waals surface area contributed by atoms with Crippen LogP contribution in [0.1, 0.15) is 39.2 Å². The van der Waals surface area contributed by atoms with Gasteiger partial charge in [-0.2, -0.15) is 5.10 Å². The summed E-state index contributed by atoms with van der Waals surface area (Å²) in [4.78, 5) is 24.0. The Balaban J connectivity index is 1.58. The van der Waals surface area contributed by atoms with E-state index in [2.05, 4.69) is 5.10 Å². The van der Waals surface area contributed by atoms with Crippen LogP contribution in [0.15, 0.2) is 24.3 Å². The Labute approximate surface area is 151 Å². The minimum absolute atomic E-state index is 0.202. The Kier molecular flexibility index (Phi) is 5.04. The van der Waals surface area contributed by atoms with Gasteiger partial charge in [0.05, 0.1) is 5.69 Å². The fourth-order valence-corrected chi connectivity index (χ4v) is 3.24. The highest BCUT2D eigenvalue weighted by Gasteiger charge is 2.15.